The van der Waals surface area contributed by atoms with Gasteiger partial charge in [-0.3, -0.25) is 4.79 Å². The first kappa shape index (κ1) is 14.9. The monoisotopic (exact) mass is 294 g/mol. The van der Waals surface area contributed by atoms with E-state index in [2.05, 4.69) is 0 Å². The molecule has 0 saturated carbocycles. The van der Waals surface area contributed by atoms with Crippen molar-refractivity contribution >= 4 is 23.0 Å². The van der Waals surface area contributed by atoms with Crippen LogP contribution in [0.1, 0.15) is 37.8 Å². The summed E-state index contributed by atoms with van der Waals surface area (Å²) in [6, 6.07) is 3.59. The van der Waals surface area contributed by atoms with Crippen molar-refractivity contribution in [3.63, 3.8) is 0 Å². The molecule has 0 aromatic heterocycles. The number of methoxy groups -OCH3 is 1. The maximum absolute atomic E-state index is 12.3. The normalized spacial score (nSPS) is 18.4. The van der Waals surface area contributed by atoms with Crippen molar-refractivity contribution in [2.75, 3.05) is 7.11 Å². The standard InChI is InChI=1S/C16H19ClO3/c1-9-7-10(17)13(12(8-9)20-4)14-11(18)5-6-16(2,3)15(14)19/h7-8,19H,5-6H2,1-4H3. The molecule has 20 heavy (non-hydrogen) atoms. The minimum absolute atomic E-state index is 0.0918. The van der Waals surface area contributed by atoms with Crippen LogP contribution in [-0.4, -0.2) is 18.0 Å². The number of ketones is 1. The molecule has 0 bridgehead atoms. The summed E-state index contributed by atoms with van der Waals surface area (Å²) in [5.74, 6) is 0.520. The molecule has 4 heteroatoms. The van der Waals surface area contributed by atoms with E-state index < -0.39 is 5.41 Å². The number of aliphatic hydroxyl groups is 1. The Morgan fingerprint density at radius 3 is 2.60 bits per heavy atom. The molecule has 0 spiro atoms. The first-order chi connectivity index (χ1) is 9.27. The van der Waals surface area contributed by atoms with Gasteiger partial charge in [-0.2, -0.15) is 0 Å². The number of benzene rings is 1. The van der Waals surface area contributed by atoms with E-state index >= 15 is 0 Å². The highest BCUT2D eigenvalue weighted by Gasteiger charge is 2.36. The molecular formula is C16H19ClO3. The summed E-state index contributed by atoms with van der Waals surface area (Å²) in [6.45, 7) is 5.74. The van der Waals surface area contributed by atoms with Crippen LogP contribution >= 0.6 is 11.6 Å². The lowest BCUT2D eigenvalue weighted by Gasteiger charge is -2.31. The number of carbonyl (C=O) groups is 1. The van der Waals surface area contributed by atoms with Crippen molar-refractivity contribution in [2.45, 2.75) is 33.6 Å². The Bertz CT molecular complexity index is 600. The van der Waals surface area contributed by atoms with Crippen molar-refractivity contribution in [3.8, 4) is 5.75 Å². The van der Waals surface area contributed by atoms with E-state index in [4.69, 9.17) is 16.3 Å². The SMILES string of the molecule is COc1cc(C)cc(Cl)c1C1=C(O)C(C)(C)CCC1=O. The smallest absolute Gasteiger partial charge is 0.167 e. The van der Waals surface area contributed by atoms with Gasteiger partial charge in [0.25, 0.3) is 0 Å². The summed E-state index contributed by atoms with van der Waals surface area (Å²) < 4.78 is 5.34. The number of carbonyl (C=O) groups excluding carboxylic acids is 1. The van der Waals surface area contributed by atoms with Gasteiger partial charge in [0.2, 0.25) is 0 Å². The topological polar surface area (TPSA) is 46.5 Å². The molecule has 1 aromatic rings. The first-order valence-corrected chi connectivity index (χ1v) is 6.97. The quantitative estimate of drug-likeness (QED) is 0.884. The number of Topliss-reactive ketones (excluding diaryl/α,β-unsaturated/α-hetero) is 1. The first-order valence-electron chi connectivity index (χ1n) is 6.59. The predicted octanol–water partition coefficient (Wildman–Crippen LogP) is 4.32. The van der Waals surface area contributed by atoms with Crippen molar-refractivity contribution < 1.29 is 14.6 Å². The van der Waals surface area contributed by atoms with Gasteiger partial charge >= 0.3 is 0 Å². The van der Waals surface area contributed by atoms with Crippen LogP contribution < -0.4 is 4.74 Å². The number of halogens is 1. The fourth-order valence-corrected chi connectivity index (χ4v) is 2.87. The van der Waals surface area contributed by atoms with Crippen LogP contribution in [0.2, 0.25) is 5.02 Å². The molecule has 1 aliphatic carbocycles. The molecule has 0 heterocycles. The maximum Gasteiger partial charge on any atom is 0.167 e. The van der Waals surface area contributed by atoms with Gasteiger partial charge in [0.15, 0.2) is 5.78 Å². The lowest BCUT2D eigenvalue weighted by Crippen LogP contribution is -2.25. The van der Waals surface area contributed by atoms with Gasteiger partial charge in [0.05, 0.1) is 17.7 Å². The van der Waals surface area contributed by atoms with Crippen LogP contribution in [0.3, 0.4) is 0 Å². The number of rotatable bonds is 2. The number of aryl methyl sites for hydroxylation is 1. The third-order valence-electron chi connectivity index (χ3n) is 3.80. The summed E-state index contributed by atoms with van der Waals surface area (Å²) in [7, 11) is 1.53. The van der Waals surface area contributed by atoms with Crippen LogP contribution in [0.15, 0.2) is 17.9 Å². The second-order valence-corrected chi connectivity index (χ2v) is 6.26. The van der Waals surface area contributed by atoms with Gasteiger partial charge in [-0.15, -0.1) is 0 Å². The average Bonchev–Trinajstić information content (AvgIpc) is 2.36. The van der Waals surface area contributed by atoms with Gasteiger partial charge in [0.1, 0.15) is 11.5 Å². The zero-order chi connectivity index (χ0) is 15.1. The van der Waals surface area contributed by atoms with Crippen molar-refractivity contribution in [1.82, 2.24) is 0 Å². The molecule has 2 rings (SSSR count). The van der Waals surface area contributed by atoms with Gasteiger partial charge in [-0.25, -0.2) is 0 Å². The Balaban J connectivity index is 2.75. The minimum Gasteiger partial charge on any atom is -0.511 e. The van der Waals surface area contributed by atoms with Crippen LogP contribution in [-0.2, 0) is 4.79 Å². The van der Waals surface area contributed by atoms with Crippen molar-refractivity contribution in [2.24, 2.45) is 5.41 Å². The van der Waals surface area contributed by atoms with Crippen LogP contribution in [0.25, 0.3) is 5.57 Å². The zero-order valence-electron chi connectivity index (χ0n) is 12.2. The summed E-state index contributed by atoms with van der Waals surface area (Å²) in [5, 5.41) is 10.9. The largest absolute Gasteiger partial charge is 0.511 e. The third-order valence-corrected chi connectivity index (χ3v) is 4.10. The number of hydrogen-bond donors (Lipinski definition) is 1. The number of aliphatic hydroxyl groups excluding tert-OH is 1. The molecule has 1 aromatic carbocycles. The zero-order valence-corrected chi connectivity index (χ0v) is 13.0. The highest BCUT2D eigenvalue weighted by molar-refractivity contribution is 6.36. The van der Waals surface area contributed by atoms with E-state index in [1.807, 2.05) is 26.8 Å². The second kappa shape index (κ2) is 5.13. The summed E-state index contributed by atoms with van der Waals surface area (Å²) in [5.41, 5.74) is 1.30. The van der Waals surface area contributed by atoms with Gasteiger partial charge in [-0.1, -0.05) is 25.4 Å². The Kier molecular flexibility index (Phi) is 3.83. The molecule has 108 valence electrons. The van der Waals surface area contributed by atoms with Gasteiger partial charge in [0, 0.05) is 17.4 Å². The molecule has 0 aliphatic heterocycles. The highest BCUT2D eigenvalue weighted by Crippen LogP contribution is 2.45. The molecule has 0 fully saturated rings. The molecule has 1 aliphatic rings. The second-order valence-electron chi connectivity index (χ2n) is 5.85. The Hall–Kier alpha value is -1.48. The van der Waals surface area contributed by atoms with E-state index in [9.17, 15) is 9.90 Å². The third kappa shape index (κ3) is 2.42. The van der Waals surface area contributed by atoms with Crippen LogP contribution in [0, 0.1) is 12.3 Å². The molecule has 0 saturated heterocycles. The van der Waals surface area contributed by atoms with Crippen molar-refractivity contribution in [3.05, 3.63) is 34.0 Å². The van der Waals surface area contributed by atoms with Gasteiger partial charge in [-0.05, 0) is 31.0 Å². The average molecular weight is 295 g/mol. The molecule has 3 nitrogen and oxygen atoms in total. The Morgan fingerprint density at radius 2 is 2.00 bits per heavy atom. The fourth-order valence-electron chi connectivity index (χ4n) is 2.51. The van der Waals surface area contributed by atoms with E-state index in [1.165, 1.54) is 7.11 Å². The molecular weight excluding hydrogens is 276 g/mol. The molecule has 0 amide bonds. The number of allylic oxidation sites excluding steroid dienone is 2. The predicted molar refractivity (Wildman–Crippen MR) is 80.3 cm³/mol. The molecule has 1 N–H and O–H groups in total. The Morgan fingerprint density at radius 1 is 1.35 bits per heavy atom. The number of ether oxygens (including phenoxy) is 1. The summed E-state index contributed by atoms with van der Waals surface area (Å²) >= 11 is 6.29. The summed E-state index contributed by atoms with van der Waals surface area (Å²) in [4.78, 5) is 12.3. The lowest BCUT2D eigenvalue weighted by atomic mass is 9.75. The van der Waals surface area contributed by atoms with E-state index in [1.54, 1.807) is 6.07 Å². The summed E-state index contributed by atoms with van der Waals surface area (Å²) in [6.07, 6.45) is 1.03. The Labute approximate surface area is 124 Å². The van der Waals surface area contributed by atoms with E-state index in [-0.39, 0.29) is 11.5 Å². The van der Waals surface area contributed by atoms with Crippen LogP contribution in [0.4, 0.5) is 0 Å². The van der Waals surface area contributed by atoms with E-state index in [0.29, 0.717) is 34.8 Å². The minimum atomic E-state index is -0.428. The van der Waals surface area contributed by atoms with Crippen molar-refractivity contribution in [1.29, 1.82) is 0 Å². The van der Waals surface area contributed by atoms with Gasteiger partial charge < -0.3 is 9.84 Å². The lowest BCUT2D eigenvalue weighted by molar-refractivity contribution is -0.115. The number of hydrogen-bond acceptors (Lipinski definition) is 3. The highest BCUT2D eigenvalue weighted by atomic mass is 35.5. The fraction of sp³-hybridized carbons (Fsp3) is 0.438. The van der Waals surface area contributed by atoms with E-state index in [0.717, 1.165) is 5.56 Å². The molecule has 0 atom stereocenters. The maximum atomic E-state index is 12.3. The molecule has 0 radical (unpaired) electrons. The van der Waals surface area contributed by atoms with Crippen LogP contribution in [0.5, 0.6) is 5.75 Å². The molecule has 0 unspecified atom stereocenters.